The summed E-state index contributed by atoms with van der Waals surface area (Å²) < 4.78 is 0. The van der Waals surface area contributed by atoms with Gasteiger partial charge in [0.15, 0.2) is 0 Å². The van der Waals surface area contributed by atoms with Gasteiger partial charge in [0, 0.05) is 24.3 Å². The fourth-order valence-corrected chi connectivity index (χ4v) is 4.07. The van der Waals surface area contributed by atoms with Crippen LogP contribution in [0.15, 0.2) is 84.9 Å². The molecular formula is C29H32N2O4. The van der Waals surface area contributed by atoms with Gasteiger partial charge in [-0.2, -0.15) is 0 Å². The van der Waals surface area contributed by atoms with Gasteiger partial charge in [-0.25, -0.2) is 0 Å². The van der Waals surface area contributed by atoms with Crippen LogP contribution in [0.25, 0.3) is 10.8 Å². The highest BCUT2D eigenvalue weighted by Gasteiger charge is 2.10. The Balaban J connectivity index is 1.21. The highest BCUT2D eigenvalue weighted by molar-refractivity contribution is 5.83. The number of fused-ring (bicyclic) bond motifs is 1. The molecule has 182 valence electrons. The van der Waals surface area contributed by atoms with Crippen molar-refractivity contribution in [1.82, 2.24) is 5.32 Å². The molecule has 0 amide bonds. The molecule has 6 nitrogen and oxygen atoms in total. The van der Waals surface area contributed by atoms with Crippen LogP contribution in [-0.2, 0) is 13.0 Å². The van der Waals surface area contributed by atoms with Crippen molar-refractivity contribution in [2.24, 2.45) is 0 Å². The van der Waals surface area contributed by atoms with Crippen LogP contribution in [0.3, 0.4) is 0 Å². The molecular weight excluding hydrogens is 440 g/mol. The van der Waals surface area contributed by atoms with Crippen LogP contribution in [-0.4, -0.2) is 40.1 Å². The van der Waals surface area contributed by atoms with Crippen molar-refractivity contribution in [2.45, 2.75) is 25.2 Å². The minimum absolute atomic E-state index is 0.0255. The van der Waals surface area contributed by atoms with Crippen molar-refractivity contribution in [3.05, 3.63) is 107 Å². The minimum Gasteiger partial charge on any atom is -0.508 e. The SMILES string of the molecule is OCc1cc(C(O)CNCCc2ccc(NCC(O)c3ccc4ccccc4c3)cc2)ccc1O. The maximum absolute atomic E-state index is 10.6. The first-order valence-corrected chi connectivity index (χ1v) is 11.8. The number of hydrogen-bond donors (Lipinski definition) is 6. The Bertz CT molecular complexity index is 1240. The van der Waals surface area contributed by atoms with Crippen LogP contribution in [0.1, 0.15) is 34.5 Å². The van der Waals surface area contributed by atoms with Gasteiger partial charge in [0.2, 0.25) is 0 Å². The molecule has 0 fully saturated rings. The minimum atomic E-state index is -0.721. The normalized spacial score (nSPS) is 13.0. The van der Waals surface area contributed by atoms with Crippen molar-refractivity contribution in [1.29, 1.82) is 0 Å². The van der Waals surface area contributed by atoms with Gasteiger partial charge in [-0.15, -0.1) is 0 Å². The van der Waals surface area contributed by atoms with Gasteiger partial charge in [-0.1, -0.05) is 54.6 Å². The van der Waals surface area contributed by atoms with Gasteiger partial charge >= 0.3 is 0 Å². The molecule has 4 aromatic carbocycles. The fraction of sp³-hybridized carbons (Fsp3) is 0.241. The quantitative estimate of drug-likeness (QED) is 0.184. The molecule has 0 bridgehead atoms. The largest absolute Gasteiger partial charge is 0.508 e. The highest BCUT2D eigenvalue weighted by atomic mass is 16.3. The number of hydrogen-bond acceptors (Lipinski definition) is 6. The van der Waals surface area contributed by atoms with E-state index in [1.807, 2.05) is 48.5 Å². The Morgan fingerprint density at radius 3 is 2.17 bits per heavy atom. The summed E-state index contributed by atoms with van der Waals surface area (Å²) in [5.74, 6) is 0.0255. The summed E-state index contributed by atoms with van der Waals surface area (Å²) in [7, 11) is 0. The van der Waals surface area contributed by atoms with Crippen molar-refractivity contribution in [3.8, 4) is 5.75 Å². The van der Waals surface area contributed by atoms with Crippen LogP contribution < -0.4 is 10.6 Å². The van der Waals surface area contributed by atoms with E-state index in [2.05, 4.69) is 28.8 Å². The van der Waals surface area contributed by atoms with Crippen LogP contribution in [0.5, 0.6) is 5.75 Å². The number of aromatic hydroxyl groups is 1. The predicted molar refractivity (Wildman–Crippen MR) is 139 cm³/mol. The van der Waals surface area contributed by atoms with Gasteiger partial charge in [0.25, 0.3) is 0 Å². The van der Waals surface area contributed by atoms with Gasteiger partial charge in [-0.3, -0.25) is 0 Å². The van der Waals surface area contributed by atoms with Crippen molar-refractivity contribution in [2.75, 3.05) is 25.0 Å². The van der Waals surface area contributed by atoms with E-state index in [9.17, 15) is 20.4 Å². The Kier molecular flexibility index (Phi) is 8.34. The van der Waals surface area contributed by atoms with E-state index >= 15 is 0 Å². The zero-order valence-corrected chi connectivity index (χ0v) is 19.6. The summed E-state index contributed by atoms with van der Waals surface area (Å²) in [5.41, 5.74) is 4.06. The lowest BCUT2D eigenvalue weighted by molar-refractivity contribution is 0.174. The second kappa shape index (κ2) is 11.8. The lowest BCUT2D eigenvalue weighted by atomic mass is 10.0. The monoisotopic (exact) mass is 472 g/mol. The fourth-order valence-electron chi connectivity index (χ4n) is 4.07. The third-order valence-corrected chi connectivity index (χ3v) is 6.20. The van der Waals surface area contributed by atoms with E-state index in [4.69, 9.17) is 0 Å². The van der Waals surface area contributed by atoms with Crippen LogP contribution >= 0.6 is 0 Å². The molecule has 4 rings (SSSR count). The van der Waals surface area contributed by atoms with Crippen LogP contribution in [0, 0.1) is 0 Å². The second-order valence-corrected chi connectivity index (χ2v) is 8.72. The first kappa shape index (κ1) is 24.7. The molecule has 2 unspecified atom stereocenters. The number of rotatable bonds is 11. The van der Waals surface area contributed by atoms with Crippen molar-refractivity contribution < 1.29 is 20.4 Å². The third kappa shape index (κ3) is 6.59. The lowest BCUT2D eigenvalue weighted by Crippen LogP contribution is -2.23. The zero-order chi connectivity index (χ0) is 24.6. The third-order valence-electron chi connectivity index (χ3n) is 6.20. The van der Waals surface area contributed by atoms with Crippen molar-refractivity contribution in [3.63, 3.8) is 0 Å². The summed E-state index contributed by atoms with van der Waals surface area (Å²) in [6, 6.07) is 27.0. The molecule has 0 aliphatic heterocycles. The molecule has 6 N–H and O–H groups in total. The summed E-state index contributed by atoms with van der Waals surface area (Å²) in [5, 5.41) is 48.7. The average molecular weight is 473 g/mol. The number of phenols is 1. The summed E-state index contributed by atoms with van der Waals surface area (Å²) >= 11 is 0. The molecule has 35 heavy (non-hydrogen) atoms. The summed E-state index contributed by atoms with van der Waals surface area (Å²) in [6.45, 7) is 1.23. The summed E-state index contributed by atoms with van der Waals surface area (Å²) in [6.07, 6.45) is -0.511. The number of benzene rings is 4. The molecule has 2 atom stereocenters. The van der Waals surface area contributed by atoms with E-state index in [0.717, 1.165) is 28.4 Å². The molecule has 0 spiro atoms. The first-order chi connectivity index (χ1) is 17.0. The van der Waals surface area contributed by atoms with Crippen molar-refractivity contribution >= 4 is 16.5 Å². The lowest BCUT2D eigenvalue weighted by Gasteiger charge is -2.15. The van der Waals surface area contributed by atoms with E-state index in [1.54, 1.807) is 12.1 Å². The Labute approximate surface area is 205 Å². The van der Waals surface area contributed by atoms with E-state index in [1.165, 1.54) is 11.6 Å². The average Bonchev–Trinajstić information content (AvgIpc) is 2.90. The summed E-state index contributed by atoms with van der Waals surface area (Å²) in [4.78, 5) is 0. The predicted octanol–water partition coefficient (Wildman–Crippen LogP) is 4.05. The van der Waals surface area contributed by atoms with E-state index in [-0.39, 0.29) is 12.4 Å². The van der Waals surface area contributed by atoms with E-state index in [0.29, 0.717) is 30.8 Å². The maximum atomic E-state index is 10.6. The van der Waals surface area contributed by atoms with Gasteiger partial charge < -0.3 is 31.1 Å². The molecule has 4 aromatic rings. The molecule has 0 aliphatic carbocycles. The van der Waals surface area contributed by atoms with E-state index < -0.39 is 12.2 Å². The Morgan fingerprint density at radius 2 is 1.40 bits per heavy atom. The maximum Gasteiger partial charge on any atom is 0.121 e. The Morgan fingerprint density at radius 1 is 0.714 bits per heavy atom. The molecule has 0 aromatic heterocycles. The number of aliphatic hydroxyl groups excluding tert-OH is 3. The van der Waals surface area contributed by atoms with Gasteiger partial charge in [0.1, 0.15) is 5.75 Å². The number of aliphatic hydroxyl groups is 3. The van der Waals surface area contributed by atoms with Crippen LogP contribution in [0.2, 0.25) is 0 Å². The highest BCUT2D eigenvalue weighted by Crippen LogP contribution is 2.23. The zero-order valence-electron chi connectivity index (χ0n) is 19.6. The molecule has 0 saturated carbocycles. The molecule has 6 heteroatoms. The Hall–Kier alpha value is -3.42. The standard InChI is InChI=1S/C29H32N2O4/c32-19-25-16-24(9-12-27(25)33)28(34)17-30-14-13-20-5-10-26(11-6-20)31-18-29(35)23-8-7-21-3-1-2-4-22(21)15-23/h1-12,15-16,28-35H,13-14,17-19H2. The molecule has 0 heterocycles. The van der Waals surface area contributed by atoms with Gasteiger partial charge in [0.05, 0.1) is 18.8 Å². The number of anilines is 1. The topological polar surface area (TPSA) is 105 Å². The molecule has 0 radical (unpaired) electrons. The second-order valence-electron chi connectivity index (χ2n) is 8.72. The number of nitrogens with one attached hydrogen (secondary N) is 2. The molecule has 0 saturated heterocycles. The smallest absolute Gasteiger partial charge is 0.121 e. The van der Waals surface area contributed by atoms with Crippen LogP contribution in [0.4, 0.5) is 5.69 Å². The van der Waals surface area contributed by atoms with Gasteiger partial charge in [-0.05, 0) is 70.8 Å². The molecule has 0 aliphatic rings. The first-order valence-electron chi connectivity index (χ1n) is 11.8.